The summed E-state index contributed by atoms with van der Waals surface area (Å²) in [5.41, 5.74) is 0.634. The smallest absolute Gasteiger partial charge is 0.238 e. The van der Waals surface area contributed by atoms with Crippen molar-refractivity contribution in [2.24, 2.45) is 0 Å². The van der Waals surface area contributed by atoms with E-state index in [9.17, 15) is 4.79 Å². The number of amides is 1. The predicted octanol–water partition coefficient (Wildman–Crippen LogP) is 2.76. The van der Waals surface area contributed by atoms with Gasteiger partial charge in [0.25, 0.3) is 0 Å². The number of carbonyl (C=O) groups excluding carboxylic acids is 1. The van der Waals surface area contributed by atoms with Crippen LogP contribution in [0, 0.1) is 0 Å². The molecule has 21 heavy (non-hydrogen) atoms. The van der Waals surface area contributed by atoms with Crippen LogP contribution < -0.4 is 14.8 Å². The summed E-state index contributed by atoms with van der Waals surface area (Å²) in [5, 5.41) is 2.90. The highest BCUT2D eigenvalue weighted by Gasteiger charge is 2.12. The minimum absolute atomic E-state index is 0.0385. The van der Waals surface area contributed by atoms with E-state index in [1.807, 2.05) is 0 Å². The number of anilines is 1. The number of hydrogen-bond acceptors (Lipinski definition) is 4. The molecule has 0 aromatic heterocycles. The molecule has 1 amide bonds. The zero-order valence-corrected chi connectivity index (χ0v) is 13.4. The van der Waals surface area contributed by atoms with Gasteiger partial charge in [-0.3, -0.25) is 9.69 Å². The minimum Gasteiger partial charge on any atom is -0.497 e. The predicted molar refractivity (Wildman–Crippen MR) is 85.2 cm³/mol. The van der Waals surface area contributed by atoms with Crippen LogP contribution in [0.4, 0.5) is 5.69 Å². The Hall–Kier alpha value is -1.75. The fraction of sp³-hybridized carbons (Fsp3) is 0.562. The van der Waals surface area contributed by atoms with E-state index in [0.717, 1.165) is 25.9 Å². The van der Waals surface area contributed by atoms with E-state index < -0.39 is 0 Å². The summed E-state index contributed by atoms with van der Waals surface area (Å²) < 4.78 is 10.4. The quantitative estimate of drug-likeness (QED) is 0.761. The highest BCUT2D eigenvalue weighted by Crippen LogP contribution is 2.28. The maximum absolute atomic E-state index is 12.2. The van der Waals surface area contributed by atoms with Crippen LogP contribution >= 0.6 is 0 Å². The first-order chi connectivity index (χ1) is 10.1. The molecular weight excluding hydrogens is 268 g/mol. The van der Waals surface area contributed by atoms with Crippen LogP contribution in [0.3, 0.4) is 0 Å². The summed E-state index contributed by atoms with van der Waals surface area (Å²) in [5.74, 6) is 1.27. The third-order valence-electron chi connectivity index (χ3n) is 3.13. The molecule has 0 saturated carbocycles. The molecule has 0 fully saturated rings. The zero-order valence-electron chi connectivity index (χ0n) is 13.4. The van der Waals surface area contributed by atoms with Gasteiger partial charge in [-0.25, -0.2) is 0 Å². The van der Waals surface area contributed by atoms with Crippen LogP contribution in [0.1, 0.15) is 26.7 Å². The van der Waals surface area contributed by atoms with Crippen molar-refractivity contribution in [3.63, 3.8) is 0 Å². The lowest BCUT2D eigenvalue weighted by atomic mass is 10.2. The number of carbonyl (C=O) groups is 1. The number of ether oxygens (including phenoxy) is 2. The van der Waals surface area contributed by atoms with Gasteiger partial charge in [0, 0.05) is 6.07 Å². The molecule has 1 aromatic rings. The van der Waals surface area contributed by atoms with Crippen molar-refractivity contribution in [2.75, 3.05) is 39.2 Å². The Labute approximate surface area is 127 Å². The largest absolute Gasteiger partial charge is 0.497 e. The lowest BCUT2D eigenvalue weighted by molar-refractivity contribution is -0.117. The monoisotopic (exact) mass is 294 g/mol. The van der Waals surface area contributed by atoms with Gasteiger partial charge in [0.15, 0.2) is 0 Å². The number of rotatable bonds is 9. The highest BCUT2D eigenvalue weighted by molar-refractivity contribution is 5.94. The Morgan fingerprint density at radius 1 is 1.14 bits per heavy atom. The lowest BCUT2D eigenvalue weighted by Gasteiger charge is -2.20. The molecule has 0 aliphatic heterocycles. The van der Waals surface area contributed by atoms with E-state index in [-0.39, 0.29) is 5.91 Å². The number of benzene rings is 1. The van der Waals surface area contributed by atoms with E-state index in [0.29, 0.717) is 23.7 Å². The first kappa shape index (κ1) is 17.3. The highest BCUT2D eigenvalue weighted by atomic mass is 16.5. The van der Waals surface area contributed by atoms with E-state index in [1.54, 1.807) is 32.4 Å². The van der Waals surface area contributed by atoms with Crippen LogP contribution in [0.15, 0.2) is 18.2 Å². The lowest BCUT2D eigenvalue weighted by Crippen LogP contribution is -2.34. The van der Waals surface area contributed by atoms with Gasteiger partial charge in [0.05, 0.1) is 26.5 Å². The van der Waals surface area contributed by atoms with Gasteiger partial charge in [0.1, 0.15) is 11.5 Å². The van der Waals surface area contributed by atoms with Gasteiger partial charge >= 0.3 is 0 Å². The molecule has 0 bridgehead atoms. The van der Waals surface area contributed by atoms with Crippen LogP contribution in [-0.4, -0.2) is 44.7 Å². The van der Waals surface area contributed by atoms with E-state index in [1.165, 1.54) is 0 Å². The van der Waals surface area contributed by atoms with Crippen molar-refractivity contribution in [3.8, 4) is 11.5 Å². The third-order valence-corrected chi connectivity index (χ3v) is 3.13. The van der Waals surface area contributed by atoms with E-state index in [4.69, 9.17) is 9.47 Å². The topological polar surface area (TPSA) is 50.8 Å². The van der Waals surface area contributed by atoms with Gasteiger partial charge in [-0.05, 0) is 38.1 Å². The molecule has 0 radical (unpaired) electrons. The molecule has 0 heterocycles. The maximum Gasteiger partial charge on any atom is 0.238 e. The molecule has 118 valence electrons. The van der Waals surface area contributed by atoms with Gasteiger partial charge < -0.3 is 14.8 Å². The molecule has 5 heteroatoms. The number of nitrogens with zero attached hydrogens (tertiary/aromatic N) is 1. The second kappa shape index (κ2) is 9.23. The van der Waals surface area contributed by atoms with Crippen LogP contribution in [0.2, 0.25) is 0 Å². The molecule has 1 rings (SSSR count). The molecule has 0 saturated heterocycles. The molecular formula is C16H26N2O3. The van der Waals surface area contributed by atoms with Crippen molar-refractivity contribution in [3.05, 3.63) is 18.2 Å². The molecule has 0 spiro atoms. The molecule has 1 N–H and O–H groups in total. The van der Waals surface area contributed by atoms with Crippen LogP contribution in [-0.2, 0) is 4.79 Å². The molecule has 0 atom stereocenters. The fourth-order valence-corrected chi connectivity index (χ4v) is 2.21. The Morgan fingerprint density at radius 2 is 1.81 bits per heavy atom. The summed E-state index contributed by atoms with van der Waals surface area (Å²) in [6, 6.07) is 5.35. The Morgan fingerprint density at radius 3 is 2.33 bits per heavy atom. The van der Waals surface area contributed by atoms with Gasteiger partial charge in [0.2, 0.25) is 5.91 Å². The zero-order chi connectivity index (χ0) is 15.7. The SMILES string of the molecule is CCCN(CCC)CC(=O)Nc1cc(OC)ccc1OC. The van der Waals surface area contributed by atoms with Gasteiger partial charge in [-0.1, -0.05) is 13.8 Å². The Balaban J connectivity index is 2.72. The molecule has 1 aromatic carbocycles. The number of methoxy groups -OCH3 is 2. The first-order valence-electron chi connectivity index (χ1n) is 7.38. The van der Waals surface area contributed by atoms with Crippen LogP contribution in [0.5, 0.6) is 11.5 Å². The number of hydrogen-bond donors (Lipinski definition) is 1. The average molecular weight is 294 g/mol. The van der Waals surface area contributed by atoms with Gasteiger partial charge in [-0.15, -0.1) is 0 Å². The standard InChI is InChI=1S/C16H26N2O3/c1-5-9-18(10-6-2)12-16(19)17-14-11-13(20-3)7-8-15(14)21-4/h7-8,11H,5-6,9-10,12H2,1-4H3,(H,17,19). The first-order valence-corrected chi connectivity index (χ1v) is 7.38. The summed E-state index contributed by atoms with van der Waals surface area (Å²) in [7, 11) is 3.18. The summed E-state index contributed by atoms with van der Waals surface area (Å²) >= 11 is 0. The van der Waals surface area contributed by atoms with E-state index >= 15 is 0 Å². The maximum atomic E-state index is 12.2. The van der Waals surface area contributed by atoms with Crippen molar-refractivity contribution >= 4 is 11.6 Å². The van der Waals surface area contributed by atoms with Crippen LogP contribution in [0.25, 0.3) is 0 Å². The molecule has 0 unspecified atom stereocenters. The minimum atomic E-state index is -0.0385. The normalized spacial score (nSPS) is 10.5. The van der Waals surface area contributed by atoms with Crippen molar-refractivity contribution < 1.29 is 14.3 Å². The van der Waals surface area contributed by atoms with Crippen molar-refractivity contribution in [1.82, 2.24) is 4.90 Å². The number of nitrogens with one attached hydrogen (secondary N) is 1. The second-order valence-electron chi connectivity index (χ2n) is 4.89. The fourth-order valence-electron chi connectivity index (χ4n) is 2.21. The second-order valence-corrected chi connectivity index (χ2v) is 4.89. The Kier molecular flexibility index (Phi) is 7.61. The average Bonchev–Trinajstić information content (AvgIpc) is 2.47. The van der Waals surface area contributed by atoms with Gasteiger partial charge in [-0.2, -0.15) is 0 Å². The Bertz CT molecular complexity index is 443. The van der Waals surface area contributed by atoms with Crippen molar-refractivity contribution in [2.45, 2.75) is 26.7 Å². The summed E-state index contributed by atoms with van der Waals surface area (Å²) in [6.07, 6.45) is 2.07. The molecule has 0 aliphatic carbocycles. The third kappa shape index (κ3) is 5.63. The summed E-state index contributed by atoms with van der Waals surface area (Å²) in [4.78, 5) is 14.3. The van der Waals surface area contributed by atoms with Crippen molar-refractivity contribution in [1.29, 1.82) is 0 Å². The van der Waals surface area contributed by atoms with E-state index in [2.05, 4.69) is 24.1 Å². The molecule has 0 aliphatic rings. The summed E-state index contributed by atoms with van der Waals surface area (Å²) in [6.45, 7) is 6.48. The molecule has 5 nitrogen and oxygen atoms in total.